The van der Waals surface area contributed by atoms with Crippen LogP contribution in [0.3, 0.4) is 0 Å². The number of hydrogen-bond acceptors (Lipinski definition) is 2. The van der Waals surface area contributed by atoms with Crippen molar-refractivity contribution >= 4 is 33.5 Å². The van der Waals surface area contributed by atoms with E-state index >= 15 is 0 Å². The van der Waals surface area contributed by atoms with E-state index in [9.17, 15) is 19.1 Å². The first-order valence-electron chi connectivity index (χ1n) is 6.48. The van der Waals surface area contributed by atoms with Crippen LogP contribution < -0.4 is 5.32 Å². The van der Waals surface area contributed by atoms with E-state index in [0.29, 0.717) is 23.0 Å². The molecule has 0 unspecified atom stereocenters. The van der Waals surface area contributed by atoms with Gasteiger partial charge in [0, 0.05) is 4.47 Å². The summed E-state index contributed by atoms with van der Waals surface area (Å²) in [4.78, 5) is 23.4. The van der Waals surface area contributed by atoms with Crippen LogP contribution >= 0.6 is 15.9 Å². The maximum atomic E-state index is 13.2. The number of carbonyl (C=O) groups excluding carboxylic acids is 1. The van der Waals surface area contributed by atoms with E-state index in [1.54, 1.807) is 0 Å². The molecular weight excluding hydrogens is 329 g/mol. The van der Waals surface area contributed by atoms with Gasteiger partial charge in [-0.25, -0.2) is 4.39 Å². The standard InChI is InChI=1S/C14H15BrFNO3/c15-11-6-5-8(16)7-12(11)17-13(18)9-3-1-2-4-10(9)14(19)20/h5-7,9-10H,1-4H2,(H,17,18)(H,19,20)/t9-,10+/m1/s1. The molecule has 2 atom stereocenters. The van der Waals surface area contributed by atoms with Crippen LogP contribution in [0.15, 0.2) is 22.7 Å². The number of hydrogen-bond donors (Lipinski definition) is 2. The van der Waals surface area contributed by atoms with Gasteiger partial charge in [0.1, 0.15) is 5.82 Å². The Morgan fingerprint density at radius 3 is 2.55 bits per heavy atom. The zero-order valence-corrected chi connectivity index (χ0v) is 12.3. The molecule has 2 rings (SSSR count). The maximum Gasteiger partial charge on any atom is 0.307 e. The predicted octanol–water partition coefficient (Wildman–Crippen LogP) is 3.42. The van der Waals surface area contributed by atoms with Crippen molar-refractivity contribution < 1.29 is 19.1 Å². The van der Waals surface area contributed by atoms with E-state index in [1.165, 1.54) is 18.2 Å². The van der Waals surface area contributed by atoms with Crippen LogP contribution in [-0.4, -0.2) is 17.0 Å². The molecule has 6 heteroatoms. The Morgan fingerprint density at radius 2 is 1.90 bits per heavy atom. The molecule has 0 aliphatic heterocycles. The van der Waals surface area contributed by atoms with Gasteiger partial charge in [-0.3, -0.25) is 9.59 Å². The number of carbonyl (C=O) groups is 2. The number of benzene rings is 1. The van der Waals surface area contributed by atoms with Crippen molar-refractivity contribution in [3.05, 3.63) is 28.5 Å². The molecule has 1 saturated carbocycles. The van der Waals surface area contributed by atoms with Crippen LogP contribution in [0.4, 0.5) is 10.1 Å². The highest BCUT2D eigenvalue weighted by atomic mass is 79.9. The minimum Gasteiger partial charge on any atom is -0.481 e. The molecule has 0 heterocycles. The molecule has 108 valence electrons. The van der Waals surface area contributed by atoms with Gasteiger partial charge in [-0.05, 0) is 47.0 Å². The van der Waals surface area contributed by atoms with E-state index < -0.39 is 23.6 Å². The number of amides is 1. The lowest BCUT2D eigenvalue weighted by Gasteiger charge is -2.27. The van der Waals surface area contributed by atoms with E-state index in [0.717, 1.165) is 12.8 Å². The molecule has 1 amide bonds. The highest BCUT2D eigenvalue weighted by molar-refractivity contribution is 9.10. The van der Waals surface area contributed by atoms with Crippen molar-refractivity contribution in [1.29, 1.82) is 0 Å². The SMILES string of the molecule is O=C(O)[C@H]1CCCC[C@H]1C(=O)Nc1cc(F)ccc1Br. The Morgan fingerprint density at radius 1 is 1.25 bits per heavy atom. The topological polar surface area (TPSA) is 66.4 Å². The first-order valence-corrected chi connectivity index (χ1v) is 7.27. The van der Waals surface area contributed by atoms with Gasteiger partial charge in [-0.1, -0.05) is 12.8 Å². The normalized spacial score (nSPS) is 22.3. The summed E-state index contributed by atoms with van der Waals surface area (Å²) in [6, 6.07) is 3.99. The van der Waals surface area contributed by atoms with Gasteiger partial charge in [-0.15, -0.1) is 0 Å². The van der Waals surface area contributed by atoms with Crippen molar-refractivity contribution in [2.75, 3.05) is 5.32 Å². The summed E-state index contributed by atoms with van der Waals surface area (Å²) in [5.41, 5.74) is 0.324. The van der Waals surface area contributed by atoms with Gasteiger partial charge in [0.05, 0.1) is 17.5 Å². The fourth-order valence-corrected chi connectivity index (χ4v) is 2.90. The molecule has 20 heavy (non-hydrogen) atoms. The Balaban J connectivity index is 2.14. The average molecular weight is 344 g/mol. The molecule has 1 aliphatic carbocycles. The number of carboxylic acids is 1. The molecule has 0 spiro atoms. The van der Waals surface area contributed by atoms with Gasteiger partial charge in [0.15, 0.2) is 0 Å². The molecule has 1 aromatic carbocycles. The number of anilines is 1. The van der Waals surface area contributed by atoms with Gasteiger partial charge < -0.3 is 10.4 Å². The molecule has 0 radical (unpaired) electrons. The summed E-state index contributed by atoms with van der Waals surface area (Å²) in [6.45, 7) is 0. The summed E-state index contributed by atoms with van der Waals surface area (Å²) in [5, 5.41) is 11.8. The molecule has 1 aromatic rings. The van der Waals surface area contributed by atoms with Gasteiger partial charge in [-0.2, -0.15) is 0 Å². The van der Waals surface area contributed by atoms with E-state index in [-0.39, 0.29) is 5.91 Å². The fraction of sp³-hybridized carbons (Fsp3) is 0.429. The molecule has 1 fully saturated rings. The molecule has 0 bridgehead atoms. The molecule has 4 nitrogen and oxygen atoms in total. The number of nitrogens with one attached hydrogen (secondary N) is 1. The highest BCUT2D eigenvalue weighted by Crippen LogP contribution is 2.32. The monoisotopic (exact) mass is 343 g/mol. The number of carboxylic acid groups (broad SMARTS) is 1. The third-order valence-corrected chi connectivity index (χ3v) is 4.30. The van der Waals surface area contributed by atoms with Crippen LogP contribution in [0.25, 0.3) is 0 Å². The predicted molar refractivity (Wildman–Crippen MR) is 75.8 cm³/mol. The van der Waals surface area contributed by atoms with E-state index in [2.05, 4.69) is 21.2 Å². The largest absolute Gasteiger partial charge is 0.481 e. The first-order chi connectivity index (χ1) is 9.49. The zero-order valence-electron chi connectivity index (χ0n) is 10.7. The van der Waals surface area contributed by atoms with Crippen molar-refractivity contribution in [2.24, 2.45) is 11.8 Å². The molecule has 1 aliphatic rings. The minimum absolute atomic E-state index is 0.324. The second-order valence-electron chi connectivity index (χ2n) is 4.95. The third kappa shape index (κ3) is 3.36. The quantitative estimate of drug-likeness (QED) is 0.883. The van der Waals surface area contributed by atoms with Crippen molar-refractivity contribution in [3.63, 3.8) is 0 Å². The van der Waals surface area contributed by atoms with Crippen LogP contribution in [0.1, 0.15) is 25.7 Å². The highest BCUT2D eigenvalue weighted by Gasteiger charge is 2.35. The van der Waals surface area contributed by atoms with Crippen LogP contribution in [-0.2, 0) is 9.59 Å². The Labute approximate surface area is 124 Å². The second-order valence-corrected chi connectivity index (χ2v) is 5.80. The smallest absolute Gasteiger partial charge is 0.307 e. The summed E-state index contributed by atoms with van der Waals surface area (Å²) >= 11 is 3.23. The lowest BCUT2D eigenvalue weighted by atomic mass is 9.78. The molecule has 0 saturated heterocycles. The van der Waals surface area contributed by atoms with Crippen molar-refractivity contribution in [3.8, 4) is 0 Å². The minimum atomic E-state index is -0.942. The average Bonchev–Trinajstić information content (AvgIpc) is 2.42. The molecule has 0 aromatic heterocycles. The van der Waals surface area contributed by atoms with Crippen LogP contribution in [0.5, 0.6) is 0 Å². The summed E-state index contributed by atoms with van der Waals surface area (Å²) < 4.78 is 13.7. The maximum absolute atomic E-state index is 13.2. The van der Waals surface area contributed by atoms with Crippen LogP contribution in [0, 0.1) is 17.7 Å². The van der Waals surface area contributed by atoms with E-state index in [4.69, 9.17) is 0 Å². The fourth-order valence-electron chi connectivity index (χ4n) is 2.56. The zero-order chi connectivity index (χ0) is 14.7. The second kappa shape index (κ2) is 6.35. The third-order valence-electron chi connectivity index (χ3n) is 3.61. The lowest BCUT2D eigenvalue weighted by molar-refractivity contribution is -0.147. The Kier molecular flexibility index (Phi) is 4.75. The van der Waals surface area contributed by atoms with Crippen molar-refractivity contribution in [2.45, 2.75) is 25.7 Å². The number of aliphatic carboxylic acids is 1. The van der Waals surface area contributed by atoms with Crippen LogP contribution in [0.2, 0.25) is 0 Å². The first kappa shape index (κ1) is 15.0. The summed E-state index contributed by atoms with van der Waals surface area (Å²) in [6.07, 6.45) is 2.73. The molecule has 2 N–H and O–H groups in total. The van der Waals surface area contributed by atoms with E-state index in [1.807, 2.05) is 0 Å². The summed E-state index contributed by atoms with van der Waals surface area (Å²) in [5.74, 6) is -2.97. The molecular formula is C14H15BrFNO3. The van der Waals surface area contributed by atoms with Gasteiger partial charge in [0.25, 0.3) is 0 Å². The lowest BCUT2D eigenvalue weighted by Crippen LogP contribution is -2.36. The Hall–Kier alpha value is -1.43. The van der Waals surface area contributed by atoms with Gasteiger partial charge >= 0.3 is 5.97 Å². The number of halogens is 2. The van der Waals surface area contributed by atoms with Gasteiger partial charge in [0.2, 0.25) is 5.91 Å². The number of rotatable bonds is 3. The Bertz CT molecular complexity index is 535. The van der Waals surface area contributed by atoms with Crippen molar-refractivity contribution in [1.82, 2.24) is 0 Å². The summed E-state index contributed by atoms with van der Waals surface area (Å²) in [7, 11) is 0.